The SMILES string of the molecule is CC(C#N)CN(C)S(=O)(=O)N1CCC[C@H](C(=O)O)[C@@H]1C. The van der Waals surface area contributed by atoms with Gasteiger partial charge in [0.2, 0.25) is 0 Å². The van der Waals surface area contributed by atoms with Gasteiger partial charge < -0.3 is 5.11 Å². The van der Waals surface area contributed by atoms with E-state index in [1.807, 2.05) is 6.07 Å². The third-order valence-electron chi connectivity index (χ3n) is 3.69. The highest BCUT2D eigenvalue weighted by atomic mass is 32.2. The molecular formula is C12H21N3O4S. The second-order valence-electron chi connectivity index (χ2n) is 5.26. The third-order valence-corrected chi connectivity index (χ3v) is 5.73. The van der Waals surface area contributed by atoms with Crippen molar-refractivity contribution in [2.45, 2.75) is 32.7 Å². The van der Waals surface area contributed by atoms with Gasteiger partial charge in [0, 0.05) is 26.2 Å². The Bertz CT molecular complexity index is 499. The molecular weight excluding hydrogens is 282 g/mol. The third kappa shape index (κ3) is 3.48. The van der Waals surface area contributed by atoms with Gasteiger partial charge in [-0.05, 0) is 26.7 Å². The first-order chi connectivity index (χ1) is 9.21. The van der Waals surface area contributed by atoms with Crippen LogP contribution in [0, 0.1) is 23.2 Å². The van der Waals surface area contributed by atoms with Crippen molar-refractivity contribution < 1.29 is 18.3 Å². The number of hydrogen-bond donors (Lipinski definition) is 1. The largest absolute Gasteiger partial charge is 0.481 e. The second-order valence-corrected chi connectivity index (χ2v) is 7.24. The lowest BCUT2D eigenvalue weighted by Crippen LogP contribution is -2.53. The Morgan fingerprint density at radius 2 is 2.20 bits per heavy atom. The van der Waals surface area contributed by atoms with Crippen LogP contribution < -0.4 is 0 Å². The molecule has 1 aliphatic heterocycles. The fraction of sp³-hybridized carbons (Fsp3) is 0.833. The van der Waals surface area contributed by atoms with E-state index in [0.29, 0.717) is 19.4 Å². The maximum absolute atomic E-state index is 12.5. The summed E-state index contributed by atoms with van der Waals surface area (Å²) < 4.78 is 27.3. The summed E-state index contributed by atoms with van der Waals surface area (Å²) in [7, 11) is -2.31. The minimum absolute atomic E-state index is 0.0970. The fourth-order valence-electron chi connectivity index (χ4n) is 2.47. The molecule has 0 aromatic heterocycles. The fourth-order valence-corrected chi connectivity index (χ4v) is 4.16. The van der Waals surface area contributed by atoms with Crippen molar-refractivity contribution in [2.24, 2.45) is 11.8 Å². The number of piperidine rings is 1. The van der Waals surface area contributed by atoms with Crippen molar-refractivity contribution in [3.05, 3.63) is 0 Å². The molecule has 1 aliphatic rings. The first-order valence-electron chi connectivity index (χ1n) is 6.57. The molecule has 0 spiro atoms. The van der Waals surface area contributed by atoms with Crippen molar-refractivity contribution in [3.8, 4) is 6.07 Å². The Kier molecular flexibility index (Phi) is 5.50. The molecule has 1 heterocycles. The highest BCUT2D eigenvalue weighted by molar-refractivity contribution is 7.86. The zero-order valence-corrected chi connectivity index (χ0v) is 12.8. The molecule has 1 N–H and O–H groups in total. The molecule has 1 unspecified atom stereocenters. The lowest BCUT2D eigenvalue weighted by molar-refractivity contribution is -0.144. The summed E-state index contributed by atoms with van der Waals surface area (Å²) in [4.78, 5) is 11.2. The molecule has 7 nitrogen and oxygen atoms in total. The van der Waals surface area contributed by atoms with E-state index < -0.39 is 34.1 Å². The molecule has 0 radical (unpaired) electrons. The van der Waals surface area contributed by atoms with Crippen molar-refractivity contribution >= 4 is 16.2 Å². The Morgan fingerprint density at radius 3 is 2.70 bits per heavy atom. The summed E-state index contributed by atoms with van der Waals surface area (Å²) in [6, 6.07) is 1.41. The quantitative estimate of drug-likeness (QED) is 0.797. The Hall–Kier alpha value is -1.17. The van der Waals surface area contributed by atoms with Gasteiger partial charge >= 0.3 is 5.97 Å². The van der Waals surface area contributed by atoms with Crippen LogP contribution >= 0.6 is 0 Å². The molecule has 1 rings (SSSR count). The van der Waals surface area contributed by atoms with Crippen LogP contribution in [0.5, 0.6) is 0 Å². The lowest BCUT2D eigenvalue weighted by atomic mass is 9.92. The van der Waals surface area contributed by atoms with Crippen LogP contribution in [-0.4, -0.2) is 54.3 Å². The molecule has 1 fully saturated rings. The van der Waals surface area contributed by atoms with Crippen molar-refractivity contribution in [2.75, 3.05) is 20.1 Å². The summed E-state index contributed by atoms with van der Waals surface area (Å²) in [5.74, 6) is -2.06. The standard InChI is InChI=1S/C12H21N3O4S/c1-9(7-13)8-14(3)20(18,19)15-6-4-5-11(10(15)2)12(16)17/h9-11H,4-6,8H2,1-3H3,(H,16,17)/t9?,10-,11-/m0/s1. The van der Waals surface area contributed by atoms with Crippen molar-refractivity contribution in [1.82, 2.24) is 8.61 Å². The molecule has 1 saturated heterocycles. The van der Waals surface area contributed by atoms with E-state index >= 15 is 0 Å². The molecule has 8 heteroatoms. The highest BCUT2D eigenvalue weighted by Gasteiger charge is 2.40. The van der Waals surface area contributed by atoms with E-state index in [9.17, 15) is 13.2 Å². The van der Waals surface area contributed by atoms with Crippen LogP contribution in [0.2, 0.25) is 0 Å². The van der Waals surface area contributed by atoms with E-state index in [1.54, 1.807) is 13.8 Å². The summed E-state index contributed by atoms with van der Waals surface area (Å²) >= 11 is 0. The first-order valence-corrected chi connectivity index (χ1v) is 7.97. The van der Waals surface area contributed by atoms with E-state index in [-0.39, 0.29) is 6.54 Å². The predicted octanol–water partition coefficient (Wildman–Crippen LogP) is 0.508. The van der Waals surface area contributed by atoms with Gasteiger partial charge in [-0.1, -0.05) is 0 Å². The van der Waals surface area contributed by atoms with Gasteiger partial charge in [-0.25, -0.2) is 0 Å². The number of hydrogen-bond acceptors (Lipinski definition) is 4. The zero-order valence-electron chi connectivity index (χ0n) is 12.0. The van der Waals surface area contributed by atoms with Gasteiger partial charge in [0.25, 0.3) is 10.2 Å². The molecule has 0 aromatic rings. The van der Waals surface area contributed by atoms with E-state index in [2.05, 4.69) is 0 Å². The zero-order chi connectivity index (χ0) is 15.5. The average Bonchev–Trinajstić information content (AvgIpc) is 2.37. The minimum atomic E-state index is -3.73. The van der Waals surface area contributed by atoms with Crippen molar-refractivity contribution in [1.29, 1.82) is 5.26 Å². The molecule has 0 aromatic carbocycles. The van der Waals surface area contributed by atoms with Gasteiger partial charge in [-0.2, -0.15) is 22.3 Å². The molecule has 0 aliphatic carbocycles. The number of nitrogens with zero attached hydrogens (tertiary/aromatic N) is 3. The van der Waals surface area contributed by atoms with Crippen LogP contribution in [-0.2, 0) is 15.0 Å². The Balaban J connectivity index is 2.91. The summed E-state index contributed by atoms with van der Waals surface area (Å²) in [5.41, 5.74) is 0. The Morgan fingerprint density at radius 1 is 1.60 bits per heavy atom. The summed E-state index contributed by atoms with van der Waals surface area (Å²) in [6.07, 6.45) is 1.02. The smallest absolute Gasteiger partial charge is 0.308 e. The molecule has 20 heavy (non-hydrogen) atoms. The van der Waals surface area contributed by atoms with E-state index in [4.69, 9.17) is 10.4 Å². The van der Waals surface area contributed by atoms with Gasteiger partial charge in [-0.15, -0.1) is 0 Å². The normalized spacial score (nSPS) is 26.1. The Labute approximate surface area is 120 Å². The molecule has 0 amide bonds. The van der Waals surface area contributed by atoms with Gasteiger partial charge in [-0.3, -0.25) is 4.79 Å². The molecule has 114 valence electrons. The maximum Gasteiger partial charge on any atom is 0.308 e. The van der Waals surface area contributed by atoms with Crippen molar-refractivity contribution in [3.63, 3.8) is 0 Å². The number of carboxylic acids is 1. The van der Waals surface area contributed by atoms with E-state index in [0.717, 1.165) is 4.31 Å². The number of aliphatic carboxylic acids is 1. The van der Waals surface area contributed by atoms with Gasteiger partial charge in [0.05, 0.1) is 17.9 Å². The number of carboxylic acid groups (broad SMARTS) is 1. The number of nitriles is 1. The van der Waals surface area contributed by atoms with E-state index in [1.165, 1.54) is 11.4 Å². The summed E-state index contributed by atoms with van der Waals surface area (Å²) in [6.45, 7) is 3.68. The van der Waals surface area contributed by atoms with Crippen LogP contribution in [0.3, 0.4) is 0 Å². The monoisotopic (exact) mass is 303 g/mol. The van der Waals surface area contributed by atoms with Gasteiger partial charge in [0.1, 0.15) is 0 Å². The summed E-state index contributed by atoms with van der Waals surface area (Å²) in [5, 5.41) is 17.9. The van der Waals surface area contributed by atoms with Gasteiger partial charge in [0.15, 0.2) is 0 Å². The maximum atomic E-state index is 12.5. The van der Waals surface area contributed by atoms with Crippen LogP contribution in [0.25, 0.3) is 0 Å². The molecule has 0 bridgehead atoms. The minimum Gasteiger partial charge on any atom is -0.481 e. The lowest BCUT2D eigenvalue weighted by Gasteiger charge is -2.38. The first kappa shape index (κ1) is 16.9. The topological polar surface area (TPSA) is 102 Å². The van der Waals surface area contributed by atoms with Crippen LogP contribution in [0.1, 0.15) is 26.7 Å². The number of carbonyl (C=O) groups is 1. The average molecular weight is 303 g/mol. The van der Waals surface area contributed by atoms with Crippen LogP contribution in [0.4, 0.5) is 0 Å². The molecule has 3 atom stereocenters. The highest BCUT2D eigenvalue weighted by Crippen LogP contribution is 2.27. The second kappa shape index (κ2) is 6.52. The number of rotatable bonds is 5. The predicted molar refractivity (Wildman–Crippen MR) is 72.9 cm³/mol. The molecule has 0 saturated carbocycles. The van der Waals surface area contributed by atoms with Crippen LogP contribution in [0.15, 0.2) is 0 Å².